The molecule has 0 spiro atoms. The van der Waals surface area contributed by atoms with Gasteiger partial charge in [0.15, 0.2) is 0 Å². The standard InChI is InChI=1S/C13H17BrN2/c14-12-3-1-2-11(10-12)13(4-5-13)16-8-6-15-7-9-16/h1-3,10,15H,4-9H2. The zero-order valence-electron chi connectivity index (χ0n) is 9.38. The molecule has 0 unspecified atom stereocenters. The molecule has 0 aromatic heterocycles. The first-order chi connectivity index (χ1) is 7.81. The van der Waals surface area contributed by atoms with Gasteiger partial charge in [-0.15, -0.1) is 0 Å². The minimum atomic E-state index is 0.367. The van der Waals surface area contributed by atoms with Crippen LogP contribution >= 0.6 is 15.9 Å². The highest BCUT2D eigenvalue weighted by atomic mass is 79.9. The molecule has 0 amide bonds. The van der Waals surface area contributed by atoms with E-state index in [0.29, 0.717) is 5.54 Å². The minimum Gasteiger partial charge on any atom is -0.314 e. The van der Waals surface area contributed by atoms with E-state index in [1.165, 1.54) is 36.0 Å². The van der Waals surface area contributed by atoms with Crippen molar-refractivity contribution < 1.29 is 0 Å². The summed E-state index contributed by atoms with van der Waals surface area (Å²) in [6.07, 6.45) is 2.65. The lowest BCUT2D eigenvalue weighted by atomic mass is 10.0. The van der Waals surface area contributed by atoms with Crippen LogP contribution in [-0.2, 0) is 5.54 Å². The molecule has 1 saturated carbocycles. The summed E-state index contributed by atoms with van der Waals surface area (Å²) in [4.78, 5) is 2.66. The van der Waals surface area contributed by atoms with Crippen LogP contribution < -0.4 is 5.32 Å². The van der Waals surface area contributed by atoms with E-state index in [4.69, 9.17) is 0 Å². The molecule has 2 fully saturated rings. The Bertz CT molecular complexity index is 381. The molecule has 86 valence electrons. The second-order valence-electron chi connectivity index (χ2n) is 4.78. The van der Waals surface area contributed by atoms with Crippen molar-refractivity contribution in [3.63, 3.8) is 0 Å². The fraction of sp³-hybridized carbons (Fsp3) is 0.538. The Labute approximate surface area is 105 Å². The Kier molecular flexibility index (Phi) is 2.78. The van der Waals surface area contributed by atoms with Crippen molar-refractivity contribution in [1.82, 2.24) is 10.2 Å². The lowest BCUT2D eigenvalue weighted by molar-refractivity contribution is 0.154. The quantitative estimate of drug-likeness (QED) is 0.895. The Morgan fingerprint density at radius 2 is 1.94 bits per heavy atom. The maximum atomic E-state index is 3.58. The molecule has 1 aliphatic carbocycles. The van der Waals surface area contributed by atoms with E-state index in [-0.39, 0.29) is 0 Å². The Morgan fingerprint density at radius 3 is 2.56 bits per heavy atom. The molecule has 3 heteroatoms. The number of rotatable bonds is 2. The van der Waals surface area contributed by atoms with Gasteiger partial charge in [-0.1, -0.05) is 28.1 Å². The van der Waals surface area contributed by atoms with Gasteiger partial charge in [-0.05, 0) is 30.5 Å². The van der Waals surface area contributed by atoms with Gasteiger partial charge in [0, 0.05) is 36.2 Å². The SMILES string of the molecule is Brc1cccc(C2(N3CCNCC3)CC2)c1. The molecule has 16 heavy (non-hydrogen) atoms. The zero-order chi connectivity index (χ0) is 11.0. The van der Waals surface area contributed by atoms with Crippen molar-refractivity contribution in [2.45, 2.75) is 18.4 Å². The molecule has 3 rings (SSSR count). The van der Waals surface area contributed by atoms with Crippen molar-refractivity contribution in [2.75, 3.05) is 26.2 Å². The van der Waals surface area contributed by atoms with Crippen molar-refractivity contribution in [1.29, 1.82) is 0 Å². The molecular weight excluding hydrogens is 264 g/mol. The van der Waals surface area contributed by atoms with Gasteiger partial charge in [-0.2, -0.15) is 0 Å². The monoisotopic (exact) mass is 280 g/mol. The molecular formula is C13H17BrN2. The zero-order valence-corrected chi connectivity index (χ0v) is 11.0. The maximum Gasteiger partial charge on any atom is 0.0463 e. The number of piperazine rings is 1. The molecule has 1 aromatic carbocycles. The Hall–Kier alpha value is -0.380. The molecule has 1 aromatic rings. The summed E-state index contributed by atoms with van der Waals surface area (Å²) in [5.74, 6) is 0. The highest BCUT2D eigenvalue weighted by Crippen LogP contribution is 2.51. The topological polar surface area (TPSA) is 15.3 Å². The van der Waals surface area contributed by atoms with Gasteiger partial charge in [0.1, 0.15) is 0 Å². The molecule has 1 N–H and O–H groups in total. The van der Waals surface area contributed by atoms with Gasteiger partial charge in [0.2, 0.25) is 0 Å². The van der Waals surface area contributed by atoms with E-state index in [0.717, 1.165) is 13.1 Å². The second-order valence-corrected chi connectivity index (χ2v) is 5.69. The molecule has 0 bridgehead atoms. The van der Waals surface area contributed by atoms with Crippen molar-refractivity contribution in [3.8, 4) is 0 Å². The summed E-state index contributed by atoms with van der Waals surface area (Å²) in [7, 11) is 0. The van der Waals surface area contributed by atoms with Crippen LogP contribution in [0.15, 0.2) is 28.7 Å². The third-order valence-corrected chi connectivity index (χ3v) is 4.30. The van der Waals surface area contributed by atoms with Gasteiger partial charge in [0.25, 0.3) is 0 Å². The van der Waals surface area contributed by atoms with Crippen LogP contribution in [0.1, 0.15) is 18.4 Å². The first kappa shape index (κ1) is 10.8. The molecule has 2 aliphatic rings. The molecule has 1 heterocycles. The minimum absolute atomic E-state index is 0.367. The number of nitrogens with zero attached hydrogens (tertiary/aromatic N) is 1. The molecule has 0 atom stereocenters. The number of hydrogen-bond acceptors (Lipinski definition) is 2. The second kappa shape index (κ2) is 4.13. The van der Waals surface area contributed by atoms with Crippen LogP contribution in [0.3, 0.4) is 0 Å². The van der Waals surface area contributed by atoms with Crippen molar-refractivity contribution in [3.05, 3.63) is 34.3 Å². The summed E-state index contributed by atoms with van der Waals surface area (Å²) in [5, 5.41) is 3.43. The van der Waals surface area contributed by atoms with E-state index < -0.39 is 0 Å². The van der Waals surface area contributed by atoms with Crippen LogP contribution in [-0.4, -0.2) is 31.1 Å². The van der Waals surface area contributed by atoms with E-state index in [2.05, 4.69) is 50.4 Å². The van der Waals surface area contributed by atoms with Gasteiger partial charge in [0.05, 0.1) is 0 Å². The van der Waals surface area contributed by atoms with Crippen LogP contribution in [0.4, 0.5) is 0 Å². The van der Waals surface area contributed by atoms with E-state index >= 15 is 0 Å². The first-order valence-corrected chi connectivity index (χ1v) is 6.82. The fourth-order valence-electron chi connectivity index (χ4n) is 2.78. The van der Waals surface area contributed by atoms with Gasteiger partial charge < -0.3 is 5.32 Å². The van der Waals surface area contributed by atoms with Gasteiger partial charge >= 0.3 is 0 Å². The van der Waals surface area contributed by atoms with Crippen LogP contribution in [0.5, 0.6) is 0 Å². The average Bonchev–Trinajstić information content (AvgIpc) is 3.11. The summed E-state index contributed by atoms with van der Waals surface area (Å²) in [6.45, 7) is 4.64. The van der Waals surface area contributed by atoms with E-state index in [9.17, 15) is 0 Å². The molecule has 1 aliphatic heterocycles. The number of nitrogens with one attached hydrogen (secondary N) is 1. The van der Waals surface area contributed by atoms with Crippen molar-refractivity contribution >= 4 is 15.9 Å². The summed E-state index contributed by atoms with van der Waals surface area (Å²) in [6, 6.07) is 8.83. The predicted molar refractivity (Wildman–Crippen MR) is 69.5 cm³/mol. The fourth-order valence-corrected chi connectivity index (χ4v) is 3.18. The highest BCUT2D eigenvalue weighted by Gasteiger charge is 2.49. The van der Waals surface area contributed by atoms with Crippen LogP contribution in [0.2, 0.25) is 0 Å². The lowest BCUT2D eigenvalue weighted by Gasteiger charge is -2.35. The third kappa shape index (κ3) is 1.81. The van der Waals surface area contributed by atoms with E-state index in [1.807, 2.05) is 0 Å². The van der Waals surface area contributed by atoms with Gasteiger partial charge in [-0.25, -0.2) is 0 Å². The summed E-state index contributed by atoms with van der Waals surface area (Å²) in [5.41, 5.74) is 1.86. The first-order valence-electron chi connectivity index (χ1n) is 6.03. The Balaban J connectivity index is 1.87. The number of halogens is 1. The predicted octanol–water partition coefficient (Wildman–Crippen LogP) is 2.34. The Morgan fingerprint density at radius 1 is 1.19 bits per heavy atom. The van der Waals surface area contributed by atoms with Crippen LogP contribution in [0.25, 0.3) is 0 Å². The summed E-state index contributed by atoms with van der Waals surface area (Å²) >= 11 is 3.58. The van der Waals surface area contributed by atoms with E-state index in [1.54, 1.807) is 0 Å². The number of hydrogen-bond donors (Lipinski definition) is 1. The molecule has 1 saturated heterocycles. The van der Waals surface area contributed by atoms with Crippen molar-refractivity contribution in [2.24, 2.45) is 0 Å². The average molecular weight is 281 g/mol. The normalized spacial score (nSPS) is 24.3. The maximum absolute atomic E-state index is 3.58. The molecule has 0 radical (unpaired) electrons. The largest absolute Gasteiger partial charge is 0.314 e. The van der Waals surface area contributed by atoms with Gasteiger partial charge in [-0.3, -0.25) is 4.90 Å². The third-order valence-electron chi connectivity index (χ3n) is 3.81. The number of benzene rings is 1. The molecule has 2 nitrogen and oxygen atoms in total. The smallest absolute Gasteiger partial charge is 0.0463 e. The summed E-state index contributed by atoms with van der Waals surface area (Å²) < 4.78 is 1.20. The van der Waals surface area contributed by atoms with Crippen LogP contribution in [0, 0.1) is 0 Å². The highest BCUT2D eigenvalue weighted by molar-refractivity contribution is 9.10. The lowest BCUT2D eigenvalue weighted by Crippen LogP contribution is -2.48.